The number of hydrogen-bond donors (Lipinski definition) is 0. The maximum Gasteiger partial charge on any atom is 0.243 e. The first-order chi connectivity index (χ1) is 12.1. The number of methoxy groups -OCH3 is 1. The van der Waals surface area contributed by atoms with Crippen molar-refractivity contribution in [1.82, 2.24) is 14.3 Å². The van der Waals surface area contributed by atoms with Crippen LogP contribution >= 0.6 is 0 Å². The Morgan fingerprint density at radius 2 is 1.84 bits per heavy atom. The molecule has 1 aromatic carbocycles. The van der Waals surface area contributed by atoms with Crippen LogP contribution in [0.5, 0.6) is 5.75 Å². The van der Waals surface area contributed by atoms with Crippen molar-refractivity contribution in [2.24, 2.45) is 0 Å². The Kier molecular flexibility index (Phi) is 4.83. The number of nitriles is 1. The molecule has 0 aliphatic carbocycles. The molecule has 0 bridgehead atoms. The minimum absolute atomic E-state index is 0.0919. The molecule has 0 amide bonds. The fourth-order valence-corrected chi connectivity index (χ4v) is 4.12. The van der Waals surface area contributed by atoms with E-state index in [1.54, 1.807) is 18.5 Å². The molecule has 0 unspecified atom stereocenters. The number of piperazine rings is 1. The summed E-state index contributed by atoms with van der Waals surface area (Å²) < 4.78 is 32.1. The van der Waals surface area contributed by atoms with Gasteiger partial charge >= 0.3 is 0 Å². The molecular weight excluding hydrogens is 342 g/mol. The lowest BCUT2D eigenvalue weighted by molar-refractivity contribution is 0.382. The normalized spacial score (nSPS) is 15.6. The monoisotopic (exact) mass is 359 g/mol. The van der Waals surface area contributed by atoms with Gasteiger partial charge in [-0.25, -0.2) is 18.4 Å². The van der Waals surface area contributed by atoms with E-state index in [1.165, 1.54) is 29.6 Å². The van der Waals surface area contributed by atoms with Crippen LogP contribution < -0.4 is 9.64 Å². The second-order valence-electron chi connectivity index (χ2n) is 5.41. The van der Waals surface area contributed by atoms with Crippen LogP contribution in [0.2, 0.25) is 0 Å². The van der Waals surface area contributed by atoms with Crippen molar-refractivity contribution in [3.63, 3.8) is 0 Å². The molecule has 0 radical (unpaired) electrons. The minimum atomic E-state index is -3.67. The van der Waals surface area contributed by atoms with Gasteiger partial charge in [0.2, 0.25) is 16.0 Å². The van der Waals surface area contributed by atoms with Gasteiger partial charge in [0.1, 0.15) is 11.8 Å². The predicted molar refractivity (Wildman–Crippen MR) is 90.7 cm³/mol. The summed E-state index contributed by atoms with van der Waals surface area (Å²) in [4.78, 5) is 10.4. The number of ether oxygens (including phenoxy) is 1. The predicted octanol–water partition coefficient (Wildman–Crippen LogP) is 0.868. The molecule has 0 atom stereocenters. The summed E-state index contributed by atoms with van der Waals surface area (Å²) >= 11 is 0. The van der Waals surface area contributed by atoms with E-state index in [0.29, 0.717) is 37.9 Å². The van der Waals surface area contributed by atoms with E-state index in [4.69, 9.17) is 10.00 Å². The number of benzene rings is 1. The number of anilines is 1. The average molecular weight is 359 g/mol. The van der Waals surface area contributed by atoms with Gasteiger partial charge < -0.3 is 9.64 Å². The third kappa shape index (κ3) is 3.40. The molecule has 1 fully saturated rings. The second kappa shape index (κ2) is 7.04. The molecule has 130 valence electrons. The Morgan fingerprint density at radius 3 is 2.44 bits per heavy atom. The smallest absolute Gasteiger partial charge is 0.243 e. The van der Waals surface area contributed by atoms with Gasteiger partial charge in [0, 0.05) is 38.6 Å². The Balaban J connectivity index is 1.77. The maximum absolute atomic E-state index is 12.8. The van der Waals surface area contributed by atoms with Gasteiger partial charge in [0.05, 0.1) is 17.6 Å². The molecule has 1 aliphatic rings. The van der Waals surface area contributed by atoms with Gasteiger partial charge in [-0.3, -0.25) is 0 Å². The minimum Gasteiger partial charge on any atom is -0.495 e. The van der Waals surface area contributed by atoms with Crippen molar-refractivity contribution in [2.45, 2.75) is 4.90 Å². The van der Waals surface area contributed by atoms with Gasteiger partial charge in [0.15, 0.2) is 0 Å². The average Bonchev–Trinajstić information content (AvgIpc) is 2.68. The molecule has 8 nitrogen and oxygen atoms in total. The summed E-state index contributed by atoms with van der Waals surface area (Å²) in [5.74, 6) is 0.947. The third-order valence-electron chi connectivity index (χ3n) is 4.00. The highest BCUT2D eigenvalue weighted by molar-refractivity contribution is 7.89. The summed E-state index contributed by atoms with van der Waals surface area (Å²) in [7, 11) is -2.23. The van der Waals surface area contributed by atoms with Crippen molar-refractivity contribution < 1.29 is 13.2 Å². The van der Waals surface area contributed by atoms with Crippen LogP contribution in [0.4, 0.5) is 5.95 Å². The fourth-order valence-electron chi connectivity index (χ4n) is 2.67. The van der Waals surface area contributed by atoms with Gasteiger partial charge in [-0.2, -0.15) is 9.57 Å². The second-order valence-corrected chi connectivity index (χ2v) is 7.35. The van der Waals surface area contributed by atoms with Crippen LogP contribution in [0.25, 0.3) is 0 Å². The van der Waals surface area contributed by atoms with E-state index < -0.39 is 10.0 Å². The molecule has 25 heavy (non-hydrogen) atoms. The third-order valence-corrected chi connectivity index (χ3v) is 5.90. The molecular formula is C16H17N5O3S. The highest BCUT2D eigenvalue weighted by Gasteiger charge is 2.29. The van der Waals surface area contributed by atoms with Crippen LogP contribution in [-0.4, -0.2) is 56.0 Å². The number of aromatic nitrogens is 2. The zero-order chi connectivity index (χ0) is 17.9. The first-order valence-corrected chi connectivity index (χ1v) is 9.10. The maximum atomic E-state index is 12.8. The lowest BCUT2D eigenvalue weighted by Crippen LogP contribution is -2.49. The number of sulfonamides is 1. The van der Waals surface area contributed by atoms with Gasteiger partial charge in [0.25, 0.3) is 0 Å². The molecule has 2 aromatic rings. The zero-order valence-corrected chi connectivity index (χ0v) is 14.5. The van der Waals surface area contributed by atoms with Crippen LogP contribution in [0.15, 0.2) is 41.6 Å². The molecule has 0 N–H and O–H groups in total. The first kappa shape index (κ1) is 17.1. The SMILES string of the molecule is COc1ccc(S(=O)(=O)N2CCN(c3ncccn3)CC2)cc1C#N. The first-order valence-electron chi connectivity index (χ1n) is 7.66. The molecule has 3 rings (SSSR count). The van der Waals surface area contributed by atoms with E-state index in [9.17, 15) is 8.42 Å². The molecule has 1 aromatic heterocycles. The summed E-state index contributed by atoms with van der Waals surface area (Å²) in [5.41, 5.74) is 0.194. The molecule has 1 aliphatic heterocycles. The Labute approximate surface area is 146 Å². The Bertz CT molecular complexity index is 888. The summed E-state index contributed by atoms with van der Waals surface area (Å²) in [6.45, 7) is 1.66. The Hall–Kier alpha value is -2.70. The summed E-state index contributed by atoms with van der Waals surface area (Å²) in [6, 6.07) is 8.00. The van der Waals surface area contributed by atoms with Gasteiger partial charge in [-0.1, -0.05) is 0 Å². The standard InChI is InChI=1S/C16H17N5O3S/c1-24-15-4-3-14(11-13(15)12-17)25(22,23)21-9-7-20(8-10-21)16-18-5-2-6-19-16/h2-6,11H,7-10H2,1H3. The van der Waals surface area contributed by atoms with E-state index >= 15 is 0 Å². The lowest BCUT2D eigenvalue weighted by atomic mass is 10.2. The summed E-state index contributed by atoms with van der Waals surface area (Å²) in [6.07, 6.45) is 3.32. The van der Waals surface area contributed by atoms with E-state index in [0.717, 1.165) is 0 Å². The van der Waals surface area contributed by atoms with E-state index in [1.807, 2.05) is 11.0 Å². The van der Waals surface area contributed by atoms with Crippen LogP contribution in [-0.2, 0) is 10.0 Å². The summed E-state index contributed by atoms with van der Waals surface area (Å²) in [5, 5.41) is 9.15. The fraction of sp³-hybridized carbons (Fsp3) is 0.312. The Morgan fingerprint density at radius 1 is 1.16 bits per heavy atom. The molecule has 1 saturated heterocycles. The molecule has 9 heteroatoms. The van der Waals surface area contributed by atoms with Crippen LogP contribution in [0.3, 0.4) is 0 Å². The lowest BCUT2D eigenvalue weighted by Gasteiger charge is -2.33. The van der Waals surface area contributed by atoms with Crippen molar-refractivity contribution >= 4 is 16.0 Å². The highest BCUT2D eigenvalue weighted by Crippen LogP contribution is 2.25. The van der Waals surface area contributed by atoms with Crippen molar-refractivity contribution in [3.8, 4) is 11.8 Å². The topological polar surface area (TPSA) is 99.4 Å². The number of hydrogen-bond acceptors (Lipinski definition) is 7. The molecule has 2 heterocycles. The van der Waals surface area contributed by atoms with E-state index in [-0.39, 0.29) is 10.5 Å². The number of rotatable bonds is 4. The van der Waals surface area contributed by atoms with Gasteiger partial charge in [-0.15, -0.1) is 0 Å². The van der Waals surface area contributed by atoms with Crippen molar-refractivity contribution in [1.29, 1.82) is 5.26 Å². The van der Waals surface area contributed by atoms with Gasteiger partial charge in [-0.05, 0) is 24.3 Å². The molecule has 0 saturated carbocycles. The largest absolute Gasteiger partial charge is 0.495 e. The quantitative estimate of drug-likeness (QED) is 0.798. The highest BCUT2D eigenvalue weighted by atomic mass is 32.2. The zero-order valence-electron chi connectivity index (χ0n) is 13.7. The number of nitrogens with zero attached hydrogens (tertiary/aromatic N) is 5. The van der Waals surface area contributed by atoms with Crippen LogP contribution in [0.1, 0.15) is 5.56 Å². The van der Waals surface area contributed by atoms with Crippen molar-refractivity contribution in [3.05, 3.63) is 42.2 Å². The van der Waals surface area contributed by atoms with E-state index in [2.05, 4.69) is 9.97 Å². The molecule has 0 spiro atoms. The van der Waals surface area contributed by atoms with Crippen LogP contribution in [0, 0.1) is 11.3 Å². The van der Waals surface area contributed by atoms with Crippen molar-refractivity contribution in [2.75, 3.05) is 38.2 Å².